The van der Waals surface area contributed by atoms with E-state index in [9.17, 15) is 9.59 Å². The average molecular weight is 475 g/mol. The number of nitrogens with zero attached hydrogens (tertiary/aromatic N) is 5. The molecule has 0 spiro atoms. The summed E-state index contributed by atoms with van der Waals surface area (Å²) in [4.78, 5) is 34.4. The lowest BCUT2D eigenvalue weighted by Crippen LogP contribution is -2.38. The molecule has 10 heteroatoms. The van der Waals surface area contributed by atoms with Crippen LogP contribution in [0.1, 0.15) is 47.3 Å². The Kier molecular flexibility index (Phi) is 7.09. The Morgan fingerprint density at radius 1 is 1.23 bits per heavy atom. The van der Waals surface area contributed by atoms with Gasteiger partial charge in [-0.2, -0.15) is 10.1 Å². The number of nitrogens with two attached hydrogens (primary N) is 1. The summed E-state index contributed by atoms with van der Waals surface area (Å²) in [7, 11) is 0. The molecule has 1 aliphatic heterocycles. The molecule has 4 rings (SSSR count). The number of likely N-dealkylation sites (tertiary alicyclic amines) is 1. The number of amides is 2. The number of anilines is 4. The molecular weight excluding hydrogens is 444 g/mol. The van der Waals surface area contributed by atoms with E-state index in [-0.39, 0.29) is 17.5 Å². The molecule has 1 aliphatic rings. The van der Waals surface area contributed by atoms with Gasteiger partial charge < -0.3 is 21.3 Å². The van der Waals surface area contributed by atoms with Crippen LogP contribution in [0.5, 0.6) is 0 Å². The second-order valence-corrected chi connectivity index (χ2v) is 8.50. The summed E-state index contributed by atoms with van der Waals surface area (Å²) in [5, 5.41) is 10.9. The molecule has 10 nitrogen and oxygen atoms in total. The lowest BCUT2D eigenvalue weighted by molar-refractivity contribution is -0.127. The fourth-order valence-electron chi connectivity index (χ4n) is 4.25. The molecule has 0 saturated carbocycles. The van der Waals surface area contributed by atoms with Crippen LogP contribution in [0.25, 0.3) is 0 Å². The third kappa shape index (κ3) is 5.32. The van der Waals surface area contributed by atoms with Gasteiger partial charge in [-0.25, -0.2) is 4.98 Å². The van der Waals surface area contributed by atoms with E-state index < -0.39 is 5.91 Å². The number of hydrogen-bond donors (Lipinski definition) is 3. The highest BCUT2D eigenvalue weighted by Crippen LogP contribution is 2.28. The molecule has 182 valence electrons. The Labute approximate surface area is 204 Å². The Bertz CT molecular complexity index is 1240. The van der Waals surface area contributed by atoms with Crippen LogP contribution in [0.15, 0.2) is 49.4 Å². The van der Waals surface area contributed by atoms with Crippen LogP contribution in [0.3, 0.4) is 0 Å². The van der Waals surface area contributed by atoms with Crippen molar-refractivity contribution in [3.63, 3.8) is 0 Å². The number of hydrogen-bond acceptors (Lipinski definition) is 7. The molecule has 3 heterocycles. The van der Waals surface area contributed by atoms with E-state index >= 15 is 0 Å². The second-order valence-electron chi connectivity index (χ2n) is 8.50. The third-order valence-corrected chi connectivity index (χ3v) is 6.22. The summed E-state index contributed by atoms with van der Waals surface area (Å²) in [6.07, 6.45) is 8.82. The van der Waals surface area contributed by atoms with Crippen molar-refractivity contribution in [3.8, 4) is 0 Å². The van der Waals surface area contributed by atoms with Crippen LogP contribution < -0.4 is 16.4 Å². The van der Waals surface area contributed by atoms with E-state index in [1.54, 1.807) is 11.1 Å². The van der Waals surface area contributed by atoms with Crippen molar-refractivity contribution in [1.29, 1.82) is 0 Å². The zero-order chi connectivity index (χ0) is 24.9. The molecule has 2 aromatic heterocycles. The first-order chi connectivity index (χ1) is 16.9. The van der Waals surface area contributed by atoms with Crippen LogP contribution in [-0.4, -0.2) is 49.6 Å². The van der Waals surface area contributed by atoms with Gasteiger partial charge in [0.15, 0.2) is 0 Å². The summed E-state index contributed by atoms with van der Waals surface area (Å²) in [6.45, 7) is 8.96. The van der Waals surface area contributed by atoms with Gasteiger partial charge in [-0.3, -0.25) is 14.3 Å². The summed E-state index contributed by atoms with van der Waals surface area (Å²) < 4.78 is 1.90. The molecule has 2 amide bonds. The Morgan fingerprint density at radius 2 is 2.00 bits per heavy atom. The van der Waals surface area contributed by atoms with Crippen molar-refractivity contribution in [2.45, 2.75) is 39.2 Å². The zero-order valence-corrected chi connectivity index (χ0v) is 20.0. The number of nitrogens with one attached hydrogen (secondary N) is 2. The molecule has 1 fully saturated rings. The SMILES string of the molecule is C=CC(=O)N1CCC(n2cc(Nc3ncc(C(N)=O)c(Nc4c(C)cccc4CC)n3)cn2)CC1. The van der Waals surface area contributed by atoms with Crippen molar-refractivity contribution >= 4 is 35.0 Å². The quantitative estimate of drug-likeness (QED) is 0.426. The van der Waals surface area contributed by atoms with Gasteiger partial charge in [0, 0.05) is 31.2 Å². The van der Waals surface area contributed by atoms with Gasteiger partial charge in [0.1, 0.15) is 11.4 Å². The predicted molar refractivity (Wildman–Crippen MR) is 135 cm³/mol. The fraction of sp³-hybridized carbons (Fsp3) is 0.320. The maximum atomic E-state index is 12.0. The van der Waals surface area contributed by atoms with Gasteiger partial charge in [-0.05, 0) is 43.4 Å². The van der Waals surface area contributed by atoms with E-state index in [2.05, 4.69) is 39.2 Å². The smallest absolute Gasteiger partial charge is 0.254 e. The van der Waals surface area contributed by atoms with Crippen LogP contribution in [0.4, 0.5) is 23.1 Å². The van der Waals surface area contributed by atoms with Crippen molar-refractivity contribution in [2.24, 2.45) is 5.73 Å². The second kappa shape index (κ2) is 10.4. The number of rotatable bonds is 8. The molecule has 0 radical (unpaired) electrons. The first-order valence-electron chi connectivity index (χ1n) is 11.6. The Morgan fingerprint density at radius 3 is 2.69 bits per heavy atom. The Hall–Kier alpha value is -4.21. The number of carbonyl (C=O) groups excluding carboxylic acids is 2. The van der Waals surface area contributed by atoms with E-state index in [1.165, 1.54) is 12.3 Å². The lowest BCUT2D eigenvalue weighted by atomic mass is 10.1. The van der Waals surface area contributed by atoms with Crippen LogP contribution >= 0.6 is 0 Å². The van der Waals surface area contributed by atoms with Crippen LogP contribution in [0, 0.1) is 6.92 Å². The Balaban J connectivity index is 1.51. The van der Waals surface area contributed by atoms with Crippen molar-refractivity contribution < 1.29 is 9.59 Å². The molecular formula is C25H30N8O2. The average Bonchev–Trinajstić information content (AvgIpc) is 3.33. The highest BCUT2D eigenvalue weighted by Gasteiger charge is 2.23. The summed E-state index contributed by atoms with van der Waals surface area (Å²) in [5.74, 6) is 0.00417. The molecule has 35 heavy (non-hydrogen) atoms. The number of carbonyl (C=O) groups is 2. The molecule has 1 saturated heterocycles. The highest BCUT2D eigenvalue weighted by molar-refractivity contribution is 5.98. The molecule has 4 N–H and O–H groups in total. The monoisotopic (exact) mass is 474 g/mol. The number of benzene rings is 1. The first-order valence-corrected chi connectivity index (χ1v) is 11.6. The maximum Gasteiger partial charge on any atom is 0.254 e. The largest absolute Gasteiger partial charge is 0.365 e. The van der Waals surface area contributed by atoms with Crippen LogP contribution in [0.2, 0.25) is 0 Å². The van der Waals surface area contributed by atoms with Crippen molar-refractivity contribution in [3.05, 3.63) is 66.1 Å². The number of aryl methyl sites for hydroxylation is 2. The van der Waals surface area contributed by atoms with Gasteiger partial charge in [0.25, 0.3) is 5.91 Å². The minimum atomic E-state index is -0.611. The molecule has 3 aromatic rings. The number of piperidine rings is 1. The summed E-state index contributed by atoms with van der Waals surface area (Å²) in [5.41, 5.74) is 9.55. The van der Waals surface area contributed by atoms with E-state index in [0.29, 0.717) is 24.9 Å². The van der Waals surface area contributed by atoms with Crippen LogP contribution in [-0.2, 0) is 11.2 Å². The van der Waals surface area contributed by atoms with Gasteiger partial charge in [-0.1, -0.05) is 31.7 Å². The van der Waals surface area contributed by atoms with Gasteiger partial charge in [-0.15, -0.1) is 0 Å². The normalized spacial score (nSPS) is 13.9. The molecule has 0 aliphatic carbocycles. The lowest BCUT2D eigenvalue weighted by Gasteiger charge is -2.31. The van der Waals surface area contributed by atoms with Gasteiger partial charge >= 0.3 is 0 Å². The minimum Gasteiger partial charge on any atom is -0.365 e. The number of aromatic nitrogens is 4. The van der Waals surface area contributed by atoms with E-state index in [0.717, 1.165) is 41.8 Å². The zero-order valence-electron chi connectivity index (χ0n) is 20.0. The van der Waals surface area contributed by atoms with Crippen molar-refractivity contribution in [2.75, 3.05) is 23.7 Å². The fourth-order valence-corrected chi connectivity index (χ4v) is 4.25. The van der Waals surface area contributed by atoms with E-state index in [1.807, 2.05) is 36.0 Å². The number of para-hydroxylation sites is 1. The maximum absolute atomic E-state index is 12.0. The topological polar surface area (TPSA) is 131 Å². The minimum absolute atomic E-state index is 0.0380. The number of primary amides is 1. The molecule has 1 aromatic carbocycles. The van der Waals surface area contributed by atoms with E-state index in [4.69, 9.17) is 5.73 Å². The molecule has 0 bridgehead atoms. The van der Waals surface area contributed by atoms with Crippen molar-refractivity contribution in [1.82, 2.24) is 24.6 Å². The standard InChI is InChI=1S/C25H30N8O2/c1-4-17-8-6-7-16(3)22(17)30-24-20(23(26)35)14-27-25(31-24)29-18-13-28-33(15-18)19-9-11-32(12-10-19)21(34)5-2/h5-8,13-15,19H,2,4,9-12H2,1,3H3,(H2,26,35)(H2,27,29,30,31). The van der Waals surface area contributed by atoms with Gasteiger partial charge in [0.05, 0.1) is 17.9 Å². The molecule has 0 unspecified atom stereocenters. The van der Waals surface area contributed by atoms with Gasteiger partial charge in [0.2, 0.25) is 11.9 Å². The predicted octanol–water partition coefficient (Wildman–Crippen LogP) is 3.48. The highest BCUT2D eigenvalue weighted by atomic mass is 16.2. The summed E-state index contributed by atoms with van der Waals surface area (Å²) in [6, 6.07) is 6.23. The summed E-state index contributed by atoms with van der Waals surface area (Å²) >= 11 is 0. The first kappa shape index (κ1) is 23.9. The third-order valence-electron chi connectivity index (χ3n) is 6.22. The molecule has 0 atom stereocenters.